The van der Waals surface area contributed by atoms with Gasteiger partial charge in [-0.15, -0.1) is 11.3 Å². The average molecular weight is 261 g/mol. The Hall–Kier alpha value is -0.450. The van der Waals surface area contributed by atoms with Gasteiger partial charge in [-0.2, -0.15) is 0 Å². The molecule has 68 valence electrons. The fourth-order valence-corrected chi connectivity index (χ4v) is 2.76. The highest BCUT2D eigenvalue weighted by atomic mass is 79.9. The zero-order chi connectivity index (χ0) is 9.42. The van der Waals surface area contributed by atoms with Gasteiger partial charge in [-0.25, -0.2) is 4.39 Å². The molecule has 0 aliphatic carbocycles. The predicted octanol–water partition coefficient (Wildman–Crippen LogP) is 3.30. The maximum Gasteiger partial charge on any atom is 0.130 e. The summed E-state index contributed by atoms with van der Waals surface area (Å²) >= 11 is 4.81. The zero-order valence-corrected chi connectivity index (χ0v) is 8.95. The zero-order valence-electron chi connectivity index (χ0n) is 6.55. The van der Waals surface area contributed by atoms with E-state index in [1.54, 1.807) is 6.07 Å². The lowest BCUT2D eigenvalue weighted by molar-refractivity contribution is 0.276. The first-order valence-electron chi connectivity index (χ1n) is 3.69. The van der Waals surface area contributed by atoms with Gasteiger partial charge in [0.15, 0.2) is 0 Å². The van der Waals surface area contributed by atoms with Gasteiger partial charge in [0.1, 0.15) is 5.82 Å². The summed E-state index contributed by atoms with van der Waals surface area (Å²) in [6.07, 6.45) is 0. The molecule has 0 spiro atoms. The molecule has 2 aromatic rings. The summed E-state index contributed by atoms with van der Waals surface area (Å²) in [6, 6.07) is 5.04. The molecule has 0 aliphatic rings. The maximum absolute atomic E-state index is 13.2. The molecule has 0 amide bonds. The molecule has 0 unspecified atom stereocenters. The van der Waals surface area contributed by atoms with Gasteiger partial charge >= 0.3 is 0 Å². The lowest BCUT2D eigenvalue weighted by Gasteiger charge is -1.97. The van der Waals surface area contributed by atoms with Crippen molar-refractivity contribution in [2.24, 2.45) is 0 Å². The van der Waals surface area contributed by atoms with Gasteiger partial charge in [0.2, 0.25) is 0 Å². The Bertz CT molecular complexity index is 452. The number of halogens is 2. The number of hydrogen-bond acceptors (Lipinski definition) is 2. The van der Waals surface area contributed by atoms with Crippen LogP contribution in [0.4, 0.5) is 4.39 Å². The maximum atomic E-state index is 13.2. The van der Waals surface area contributed by atoms with Crippen molar-refractivity contribution in [1.29, 1.82) is 0 Å². The van der Waals surface area contributed by atoms with Crippen molar-refractivity contribution in [3.63, 3.8) is 0 Å². The van der Waals surface area contributed by atoms with Crippen LogP contribution in [0.25, 0.3) is 10.1 Å². The smallest absolute Gasteiger partial charge is 0.130 e. The van der Waals surface area contributed by atoms with E-state index in [-0.39, 0.29) is 12.4 Å². The summed E-state index contributed by atoms with van der Waals surface area (Å²) in [5, 5.41) is 9.80. The van der Waals surface area contributed by atoms with Crippen molar-refractivity contribution in [1.82, 2.24) is 0 Å². The van der Waals surface area contributed by atoms with Gasteiger partial charge in [-0.3, -0.25) is 0 Å². The molecule has 0 aliphatic heterocycles. The molecule has 0 saturated carbocycles. The highest BCUT2D eigenvalue weighted by Crippen LogP contribution is 2.31. The van der Waals surface area contributed by atoms with Crippen LogP contribution < -0.4 is 0 Å². The number of aliphatic hydroxyl groups excluding tert-OH is 1. The molecule has 0 fully saturated rings. The summed E-state index contributed by atoms with van der Waals surface area (Å²) < 4.78 is 15.0. The minimum atomic E-state index is -0.343. The highest BCUT2D eigenvalue weighted by molar-refractivity contribution is 9.11. The van der Waals surface area contributed by atoms with E-state index in [0.29, 0.717) is 5.56 Å². The highest BCUT2D eigenvalue weighted by Gasteiger charge is 2.05. The number of rotatable bonds is 1. The van der Waals surface area contributed by atoms with Crippen LogP contribution in [-0.4, -0.2) is 5.11 Å². The molecule has 1 N–H and O–H groups in total. The Balaban J connectivity index is 2.72. The second-order valence-electron chi connectivity index (χ2n) is 2.69. The Morgan fingerprint density at radius 1 is 1.38 bits per heavy atom. The van der Waals surface area contributed by atoms with E-state index in [1.165, 1.54) is 17.4 Å². The first-order valence-corrected chi connectivity index (χ1v) is 5.30. The van der Waals surface area contributed by atoms with Gasteiger partial charge in [0.05, 0.1) is 10.4 Å². The molecule has 13 heavy (non-hydrogen) atoms. The molecular weight excluding hydrogens is 255 g/mol. The predicted molar refractivity (Wildman–Crippen MR) is 55.4 cm³/mol. The van der Waals surface area contributed by atoms with Crippen LogP contribution >= 0.6 is 27.3 Å². The Labute approximate surface area is 86.9 Å². The number of fused-ring (bicyclic) bond motifs is 1. The third kappa shape index (κ3) is 1.61. The van der Waals surface area contributed by atoms with Crippen LogP contribution in [0.1, 0.15) is 5.56 Å². The van der Waals surface area contributed by atoms with Crippen LogP contribution in [0.5, 0.6) is 0 Å². The number of aliphatic hydroxyl groups is 1. The minimum absolute atomic E-state index is 0.255. The monoisotopic (exact) mass is 260 g/mol. The van der Waals surface area contributed by atoms with Crippen molar-refractivity contribution in [2.75, 3.05) is 0 Å². The van der Waals surface area contributed by atoms with E-state index in [0.717, 1.165) is 13.9 Å². The van der Waals surface area contributed by atoms with E-state index < -0.39 is 0 Å². The Morgan fingerprint density at radius 2 is 2.15 bits per heavy atom. The molecule has 0 atom stereocenters. The van der Waals surface area contributed by atoms with Crippen molar-refractivity contribution < 1.29 is 9.50 Å². The van der Waals surface area contributed by atoms with Crippen LogP contribution in [0, 0.1) is 5.82 Å². The molecule has 1 aromatic heterocycles. The molecule has 4 heteroatoms. The Kier molecular flexibility index (Phi) is 2.36. The van der Waals surface area contributed by atoms with Crippen LogP contribution in [0.15, 0.2) is 22.0 Å². The second-order valence-corrected chi connectivity index (χ2v) is 5.15. The summed E-state index contributed by atoms with van der Waals surface area (Å²) in [4.78, 5) is 0. The van der Waals surface area contributed by atoms with E-state index in [4.69, 9.17) is 5.11 Å². The van der Waals surface area contributed by atoms with Gasteiger partial charge in [0, 0.05) is 10.3 Å². The lowest BCUT2D eigenvalue weighted by atomic mass is 10.2. The van der Waals surface area contributed by atoms with Crippen LogP contribution in [-0.2, 0) is 6.61 Å². The lowest BCUT2D eigenvalue weighted by Crippen LogP contribution is -1.87. The molecule has 1 heterocycles. The van der Waals surface area contributed by atoms with Crippen LogP contribution in [0.2, 0.25) is 0 Å². The van der Waals surface area contributed by atoms with E-state index in [1.807, 2.05) is 6.07 Å². The first kappa shape index (κ1) is 9.12. The first-order chi connectivity index (χ1) is 6.20. The summed E-state index contributed by atoms with van der Waals surface area (Å²) in [5.41, 5.74) is 0.345. The number of benzene rings is 1. The van der Waals surface area contributed by atoms with Crippen molar-refractivity contribution in [3.8, 4) is 0 Å². The topological polar surface area (TPSA) is 20.2 Å². The van der Waals surface area contributed by atoms with Gasteiger partial charge in [-0.1, -0.05) is 0 Å². The quantitative estimate of drug-likeness (QED) is 0.835. The van der Waals surface area contributed by atoms with E-state index in [2.05, 4.69) is 15.9 Å². The molecule has 1 nitrogen and oxygen atoms in total. The van der Waals surface area contributed by atoms with Crippen molar-refractivity contribution in [3.05, 3.63) is 33.4 Å². The number of thiophene rings is 1. The van der Waals surface area contributed by atoms with Crippen molar-refractivity contribution >= 4 is 37.4 Å². The largest absolute Gasteiger partial charge is 0.392 e. The molecule has 1 aromatic carbocycles. The van der Waals surface area contributed by atoms with Crippen molar-refractivity contribution in [2.45, 2.75) is 6.61 Å². The third-order valence-corrected chi connectivity index (χ3v) is 3.43. The SMILES string of the molecule is OCc1cc2cc(Br)sc2cc1F. The summed E-state index contributed by atoms with van der Waals surface area (Å²) in [5.74, 6) is -0.343. The standard InChI is InChI=1S/C9H6BrFOS/c10-9-2-5-1-6(4-12)7(11)3-8(5)13-9/h1-3,12H,4H2. The van der Waals surface area contributed by atoms with Gasteiger partial charge in [0.25, 0.3) is 0 Å². The van der Waals surface area contributed by atoms with Gasteiger partial charge < -0.3 is 5.11 Å². The molecule has 0 saturated heterocycles. The molecule has 0 radical (unpaired) electrons. The number of hydrogen-bond donors (Lipinski definition) is 1. The van der Waals surface area contributed by atoms with Gasteiger partial charge in [-0.05, 0) is 39.5 Å². The normalized spacial score (nSPS) is 11.0. The summed E-state index contributed by atoms with van der Waals surface area (Å²) in [7, 11) is 0. The fraction of sp³-hybridized carbons (Fsp3) is 0.111. The fourth-order valence-electron chi connectivity index (χ4n) is 1.20. The second kappa shape index (κ2) is 3.36. The summed E-state index contributed by atoms with van der Waals surface area (Å²) in [6.45, 7) is -0.255. The Morgan fingerprint density at radius 3 is 2.85 bits per heavy atom. The molecular formula is C9H6BrFOS. The van der Waals surface area contributed by atoms with Crippen LogP contribution in [0.3, 0.4) is 0 Å². The average Bonchev–Trinajstić information content (AvgIpc) is 2.42. The third-order valence-electron chi connectivity index (χ3n) is 1.83. The molecule has 0 bridgehead atoms. The van der Waals surface area contributed by atoms with E-state index in [9.17, 15) is 4.39 Å². The molecule has 2 rings (SSSR count). The minimum Gasteiger partial charge on any atom is -0.392 e. The van der Waals surface area contributed by atoms with E-state index >= 15 is 0 Å².